The van der Waals surface area contributed by atoms with E-state index in [1.807, 2.05) is 0 Å². The van der Waals surface area contributed by atoms with Gasteiger partial charge in [-0.05, 0) is 49.9 Å². The molecule has 2 N–H and O–H groups in total. The maximum absolute atomic E-state index is 6.88. The van der Waals surface area contributed by atoms with Crippen molar-refractivity contribution in [3.8, 4) is 0 Å². The minimum Gasteiger partial charge on any atom is -0.325 e. The van der Waals surface area contributed by atoms with E-state index < -0.39 is 0 Å². The van der Waals surface area contributed by atoms with E-state index in [1.165, 1.54) is 77.0 Å². The van der Waals surface area contributed by atoms with Crippen molar-refractivity contribution in [3.63, 3.8) is 0 Å². The standard InChI is InChI=1S/C18H35N/c1-3-6-16-7-5-13-18(19,14-12-16)17-10-8-15(4-2)9-11-17/h15-17H,3-14,19H2,1-2H3. The molecule has 0 amide bonds. The lowest BCUT2D eigenvalue weighted by Gasteiger charge is -2.41. The van der Waals surface area contributed by atoms with Crippen molar-refractivity contribution in [3.05, 3.63) is 0 Å². The molecule has 0 radical (unpaired) electrons. The van der Waals surface area contributed by atoms with Gasteiger partial charge in [0.25, 0.3) is 0 Å². The van der Waals surface area contributed by atoms with Gasteiger partial charge in [-0.1, -0.05) is 58.8 Å². The lowest BCUT2D eigenvalue weighted by Crippen LogP contribution is -2.48. The van der Waals surface area contributed by atoms with Crippen molar-refractivity contribution in [2.75, 3.05) is 0 Å². The van der Waals surface area contributed by atoms with E-state index in [-0.39, 0.29) is 5.54 Å². The summed E-state index contributed by atoms with van der Waals surface area (Å²) in [5, 5.41) is 0. The first kappa shape index (κ1) is 15.4. The summed E-state index contributed by atoms with van der Waals surface area (Å²) in [4.78, 5) is 0. The van der Waals surface area contributed by atoms with Gasteiger partial charge in [-0.3, -0.25) is 0 Å². The van der Waals surface area contributed by atoms with Crippen molar-refractivity contribution in [1.82, 2.24) is 0 Å². The highest BCUT2D eigenvalue weighted by Gasteiger charge is 2.38. The molecule has 0 aromatic heterocycles. The first-order chi connectivity index (χ1) is 9.18. The van der Waals surface area contributed by atoms with Crippen LogP contribution >= 0.6 is 0 Å². The Morgan fingerprint density at radius 1 is 0.895 bits per heavy atom. The molecule has 1 nitrogen and oxygen atoms in total. The normalized spacial score (nSPS) is 40.9. The minimum absolute atomic E-state index is 0.196. The molecule has 0 spiro atoms. The Labute approximate surface area is 120 Å². The molecule has 0 aliphatic heterocycles. The van der Waals surface area contributed by atoms with Crippen molar-refractivity contribution >= 4 is 0 Å². The van der Waals surface area contributed by atoms with Crippen LogP contribution in [-0.4, -0.2) is 5.54 Å². The van der Waals surface area contributed by atoms with Gasteiger partial charge in [0.05, 0.1) is 0 Å². The average Bonchev–Trinajstić information content (AvgIpc) is 2.63. The summed E-state index contributed by atoms with van der Waals surface area (Å²) in [6.45, 7) is 4.68. The van der Waals surface area contributed by atoms with Crippen molar-refractivity contribution in [2.24, 2.45) is 23.5 Å². The van der Waals surface area contributed by atoms with Gasteiger partial charge in [0, 0.05) is 5.54 Å². The molecule has 2 rings (SSSR count). The average molecular weight is 265 g/mol. The fourth-order valence-electron chi connectivity index (χ4n) is 4.71. The lowest BCUT2D eigenvalue weighted by atomic mass is 9.68. The zero-order chi connectivity index (χ0) is 13.7. The predicted molar refractivity (Wildman–Crippen MR) is 84.1 cm³/mol. The van der Waals surface area contributed by atoms with E-state index in [4.69, 9.17) is 5.73 Å². The topological polar surface area (TPSA) is 26.0 Å². The van der Waals surface area contributed by atoms with Crippen molar-refractivity contribution in [2.45, 2.75) is 96.4 Å². The zero-order valence-electron chi connectivity index (χ0n) is 13.3. The van der Waals surface area contributed by atoms with Gasteiger partial charge in [-0.25, -0.2) is 0 Å². The molecule has 112 valence electrons. The summed E-state index contributed by atoms with van der Waals surface area (Å²) in [6.07, 6.45) is 16.7. The third-order valence-corrected chi connectivity index (χ3v) is 6.21. The molecule has 2 aliphatic rings. The Bertz CT molecular complexity index is 254. The highest BCUT2D eigenvalue weighted by molar-refractivity contribution is 4.95. The molecule has 1 heteroatoms. The number of hydrogen-bond donors (Lipinski definition) is 1. The van der Waals surface area contributed by atoms with Gasteiger partial charge in [-0.2, -0.15) is 0 Å². The number of rotatable bonds is 4. The molecule has 0 aromatic rings. The van der Waals surface area contributed by atoms with Gasteiger partial charge >= 0.3 is 0 Å². The molecule has 2 atom stereocenters. The van der Waals surface area contributed by atoms with E-state index in [1.54, 1.807) is 0 Å². The molecule has 2 unspecified atom stereocenters. The molecule has 19 heavy (non-hydrogen) atoms. The van der Waals surface area contributed by atoms with Gasteiger partial charge in [-0.15, -0.1) is 0 Å². The Morgan fingerprint density at radius 2 is 1.63 bits per heavy atom. The largest absolute Gasteiger partial charge is 0.325 e. The fourth-order valence-corrected chi connectivity index (χ4v) is 4.71. The second kappa shape index (κ2) is 7.11. The van der Waals surface area contributed by atoms with E-state index in [0.717, 1.165) is 17.8 Å². The molecule has 2 aliphatic carbocycles. The Morgan fingerprint density at radius 3 is 2.26 bits per heavy atom. The van der Waals surface area contributed by atoms with Crippen LogP contribution in [-0.2, 0) is 0 Å². The van der Waals surface area contributed by atoms with E-state index in [0.29, 0.717) is 0 Å². The van der Waals surface area contributed by atoms with Crippen LogP contribution in [0.25, 0.3) is 0 Å². The quantitative estimate of drug-likeness (QED) is 0.687. The van der Waals surface area contributed by atoms with Gasteiger partial charge in [0.15, 0.2) is 0 Å². The third kappa shape index (κ3) is 3.97. The molecule has 0 aromatic carbocycles. The fraction of sp³-hybridized carbons (Fsp3) is 1.00. The van der Waals surface area contributed by atoms with E-state index in [9.17, 15) is 0 Å². The van der Waals surface area contributed by atoms with Crippen LogP contribution in [0.15, 0.2) is 0 Å². The number of hydrogen-bond acceptors (Lipinski definition) is 1. The van der Waals surface area contributed by atoms with Gasteiger partial charge < -0.3 is 5.73 Å². The minimum atomic E-state index is 0.196. The molecule has 0 saturated heterocycles. The molecule has 0 heterocycles. The van der Waals surface area contributed by atoms with Crippen LogP contribution in [0.5, 0.6) is 0 Å². The molecule has 2 saturated carbocycles. The predicted octanol–water partition coefficient (Wildman–Crippen LogP) is 5.28. The van der Waals surface area contributed by atoms with Gasteiger partial charge in [0.1, 0.15) is 0 Å². The smallest absolute Gasteiger partial charge is 0.0183 e. The summed E-state index contributed by atoms with van der Waals surface area (Å²) in [6, 6.07) is 0. The Balaban J connectivity index is 1.88. The summed E-state index contributed by atoms with van der Waals surface area (Å²) in [7, 11) is 0. The first-order valence-electron chi connectivity index (χ1n) is 8.96. The molecular formula is C18H35N. The van der Waals surface area contributed by atoms with Crippen LogP contribution in [0.1, 0.15) is 90.9 Å². The monoisotopic (exact) mass is 265 g/mol. The first-order valence-corrected chi connectivity index (χ1v) is 8.96. The van der Waals surface area contributed by atoms with Crippen molar-refractivity contribution in [1.29, 1.82) is 0 Å². The van der Waals surface area contributed by atoms with E-state index in [2.05, 4.69) is 13.8 Å². The zero-order valence-corrected chi connectivity index (χ0v) is 13.3. The summed E-state index contributed by atoms with van der Waals surface area (Å²) >= 11 is 0. The second-order valence-electron chi connectivity index (χ2n) is 7.44. The van der Waals surface area contributed by atoms with Crippen LogP contribution in [0, 0.1) is 17.8 Å². The molecule has 2 fully saturated rings. The SMILES string of the molecule is CCCC1CCCC(N)(C2CCC(CC)CC2)CC1. The maximum Gasteiger partial charge on any atom is 0.0183 e. The van der Waals surface area contributed by atoms with Crippen LogP contribution in [0.2, 0.25) is 0 Å². The highest BCUT2D eigenvalue weighted by Crippen LogP contribution is 2.42. The molecule has 0 bridgehead atoms. The summed E-state index contributed by atoms with van der Waals surface area (Å²) < 4.78 is 0. The molecular weight excluding hydrogens is 230 g/mol. The van der Waals surface area contributed by atoms with E-state index >= 15 is 0 Å². The summed E-state index contributed by atoms with van der Waals surface area (Å²) in [5.74, 6) is 2.80. The Hall–Kier alpha value is -0.0400. The van der Waals surface area contributed by atoms with Crippen LogP contribution in [0.4, 0.5) is 0 Å². The van der Waals surface area contributed by atoms with Gasteiger partial charge in [0.2, 0.25) is 0 Å². The van der Waals surface area contributed by atoms with Crippen LogP contribution < -0.4 is 5.73 Å². The summed E-state index contributed by atoms with van der Waals surface area (Å²) in [5.41, 5.74) is 7.07. The third-order valence-electron chi connectivity index (χ3n) is 6.21. The Kier molecular flexibility index (Phi) is 5.74. The number of nitrogens with two attached hydrogens (primary N) is 1. The second-order valence-corrected chi connectivity index (χ2v) is 7.44. The maximum atomic E-state index is 6.88. The van der Waals surface area contributed by atoms with Crippen LogP contribution in [0.3, 0.4) is 0 Å². The lowest BCUT2D eigenvalue weighted by molar-refractivity contribution is 0.153. The highest BCUT2D eigenvalue weighted by atomic mass is 14.8. The van der Waals surface area contributed by atoms with Crippen molar-refractivity contribution < 1.29 is 0 Å².